The van der Waals surface area contributed by atoms with E-state index in [-0.39, 0.29) is 17.8 Å². The minimum Gasteiger partial charge on any atom is -0.488 e. The zero-order valence-corrected chi connectivity index (χ0v) is 31.9. The SMILES string of the molecule is CCN(c1cc(-c2ccc(NC(=O)c3cc(C(C)C)c(OCc4ccccc4)cc3OCc3ccccc3)cc2)cc(C(=O)OC)c1C)C1CCOCC1. The fourth-order valence-corrected chi connectivity index (χ4v) is 6.97. The monoisotopic (exact) mass is 726 g/mol. The van der Waals surface area contributed by atoms with Crippen LogP contribution >= 0.6 is 0 Å². The molecule has 0 atom stereocenters. The second-order valence-corrected chi connectivity index (χ2v) is 13.9. The van der Waals surface area contributed by atoms with Gasteiger partial charge in [0.2, 0.25) is 0 Å². The van der Waals surface area contributed by atoms with Gasteiger partial charge in [-0.3, -0.25) is 4.79 Å². The number of hydrogen-bond donors (Lipinski definition) is 1. The third-order valence-corrected chi connectivity index (χ3v) is 10.00. The van der Waals surface area contributed by atoms with Crippen LogP contribution in [0.5, 0.6) is 11.5 Å². The van der Waals surface area contributed by atoms with E-state index in [1.807, 2.05) is 110 Å². The molecule has 280 valence electrons. The van der Waals surface area contributed by atoms with Gasteiger partial charge in [0, 0.05) is 43.2 Å². The number of anilines is 2. The smallest absolute Gasteiger partial charge is 0.338 e. The molecule has 6 rings (SSSR count). The van der Waals surface area contributed by atoms with E-state index in [4.69, 9.17) is 18.9 Å². The molecule has 1 N–H and O–H groups in total. The van der Waals surface area contributed by atoms with E-state index in [0.717, 1.165) is 71.7 Å². The van der Waals surface area contributed by atoms with Crippen molar-refractivity contribution in [2.75, 3.05) is 37.1 Å². The van der Waals surface area contributed by atoms with E-state index in [0.29, 0.717) is 47.6 Å². The molecule has 1 saturated heterocycles. The van der Waals surface area contributed by atoms with E-state index in [2.05, 4.69) is 37.1 Å². The Morgan fingerprint density at radius 1 is 0.778 bits per heavy atom. The summed E-state index contributed by atoms with van der Waals surface area (Å²) < 4.78 is 23.5. The highest BCUT2D eigenvalue weighted by Crippen LogP contribution is 2.37. The molecule has 5 aromatic carbocycles. The fraction of sp³-hybridized carbons (Fsp3) is 0.304. The molecule has 1 heterocycles. The third-order valence-electron chi connectivity index (χ3n) is 10.00. The van der Waals surface area contributed by atoms with Gasteiger partial charge in [0.25, 0.3) is 5.91 Å². The highest BCUT2D eigenvalue weighted by Gasteiger charge is 2.25. The van der Waals surface area contributed by atoms with Crippen molar-refractivity contribution in [3.8, 4) is 22.6 Å². The standard InChI is InChI=1S/C46H50N2O6/c1-6-48(38-21-23-52-24-22-38)42-26-36(25-40(32(42)4)46(50)51-5)35-17-19-37(20-18-35)47-45(49)41-27-39(31(2)3)43(53-29-33-13-9-7-10-14-33)28-44(41)54-30-34-15-11-8-12-16-34/h7-20,25-28,31,38H,6,21-24,29-30H2,1-5H3,(H,47,49). The number of nitrogens with one attached hydrogen (secondary N) is 1. The zero-order valence-electron chi connectivity index (χ0n) is 31.9. The van der Waals surface area contributed by atoms with Gasteiger partial charge < -0.3 is 29.2 Å². The lowest BCUT2D eigenvalue weighted by molar-refractivity contribution is 0.0599. The first-order chi connectivity index (χ1) is 26.2. The van der Waals surface area contributed by atoms with Crippen LogP contribution in [-0.4, -0.2) is 44.8 Å². The van der Waals surface area contributed by atoms with Gasteiger partial charge in [0.1, 0.15) is 24.7 Å². The van der Waals surface area contributed by atoms with Crippen molar-refractivity contribution >= 4 is 23.3 Å². The molecule has 0 bridgehead atoms. The van der Waals surface area contributed by atoms with Crippen molar-refractivity contribution < 1.29 is 28.5 Å². The summed E-state index contributed by atoms with van der Waals surface area (Å²) in [4.78, 5) is 29.4. The van der Waals surface area contributed by atoms with Crippen LogP contribution in [0.4, 0.5) is 11.4 Å². The number of rotatable bonds is 14. The topological polar surface area (TPSA) is 86.3 Å². The van der Waals surface area contributed by atoms with Gasteiger partial charge >= 0.3 is 5.97 Å². The quantitative estimate of drug-likeness (QED) is 0.114. The summed E-state index contributed by atoms with van der Waals surface area (Å²) in [6.45, 7) is 11.2. The van der Waals surface area contributed by atoms with Crippen molar-refractivity contribution in [3.05, 3.63) is 143 Å². The molecule has 0 aliphatic carbocycles. The minimum absolute atomic E-state index is 0.0918. The van der Waals surface area contributed by atoms with E-state index < -0.39 is 0 Å². The number of methoxy groups -OCH3 is 1. The van der Waals surface area contributed by atoms with E-state index >= 15 is 0 Å². The van der Waals surface area contributed by atoms with Gasteiger partial charge in [-0.1, -0.05) is 86.6 Å². The molecule has 0 saturated carbocycles. The average Bonchev–Trinajstić information content (AvgIpc) is 3.21. The maximum atomic E-state index is 14.1. The van der Waals surface area contributed by atoms with Crippen molar-refractivity contribution in [2.24, 2.45) is 0 Å². The molecule has 0 aromatic heterocycles. The summed E-state index contributed by atoms with van der Waals surface area (Å²) in [5.74, 6) is 0.551. The van der Waals surface area contributed by atoms with E-state index in [1.54, 1.807) is 0 Å². The maximum absolute atomic E-state index is 14.1. The highest BCUT2D eigenvalue weighted by atomic mass is 16.5. The summed E-state index contributed by atoms with van der Waals surface area (Å²) in [7, 11) is 1.41. The highest BCUT2D eigenvalue weighted by molar-refractivity contribution is 6.06. The zero-order chi connectivity index (χ0) is 38.0. The largest absolute Gasteiger partial charge is 0.488 e. The summed E-state index contributed by atoms with van der Waals surface area (Å²) >= 11 is 0. The number of esters is 1. The Morgan fingerprint density at radius 2 is 1.39 bits per heavy atom. The molecular weight excluding hydrogens is 677 g/mol. The van der Waals surface area contributed by atoms with Gasteiger partial charge in [0.05, 0.1) is 18.2 Å². The van der Waals surface area contributed by atoms with Crippen LogP contribution in [0.3, 0.4) is 0 Å². The second kappa shape index (κ2) is 18.0. The lowest BCUT2D eigenvalue weighted by Crippen LogP contribution is -2.40. The molecule has 1 aliphatic rings. The van der Waals surface area contributed by atoms with Gasteiger partial charge in [-0.15, -0.1) is 0 Å². The predicted octanol–water partition coefficient (Wildman–Crippen LogP) is 9.99. The van der Waals surface area contributed by atoms with Crippen molar-refractivity contribution in [1.29, 1.82) is 0 Å². The molecule has 1 aliphatic heterocycles. The molecule has 8 heteroatoms. The predicted molar refractivity (Wildman–Crippen MR) is 215 cm³/mol. The van der Waals surface area contributed by atoms with Crippen molar-refractivity contribution in [3.63, 3.8) is 0 Å². The Labute approximate surface area is 319 Å². The summed E-state index contributed by atoms with van der Waals surface area (Å²) in [5, 5.41) is 3.09. The van der Waals surface area contributed by atoms with Crippen molar-refractivity contribution in [1.82, 2.24) is 0 Å². The van der Waals surface area contributed by atoms with E-state index in [1.165, 1.54) is 7.11 Å². The molecule has 1 amide bonds. The second-order valence-electron chi connectivity index (χ2n) is 13.9. The first-order valence-electron chi connectivity index (χ1n) is 18.8. The molecular formula is C46H50N2O6. The molecule has 5 aromatic rings. The average molecular weight is 727 g/mol. The van der Waals surface area contributed by atoms with Crippen LogP contribution in [-0.2, 0) is 22.7 Å². The van der Waals surface area contributed by atoms with Crippen molar-refractivity contribution in [2.45, 2.75) is 65.7 Å². The lowest BCUT2D eigenvalue weighted by atomic mass is 9.95. The van der Waals surface area contributed by atoms with Gasteiger partial charge in [-0.05, 0) is 96.3 Å². The molecule has 1 fully saturated rings. The molecule has 8 nitrogen and oxygen atoms in total. The number of ether oxygens (including phenoxy) is 4. The fourth-order valence-electron chi connectivity index (χ4n) is 6.97. The Bertz CT molecular complexity index is 2020. The minimum atomic E-state index is -0.370. The first kappa shape index (κ1) is 38.1. The number of nitrogens with zero attached hydrogens (tertiary/aromatic N) is 1. The molecule has 0 radical (unpaired) electrons. The number of carbonyl (C=O) groups is 2. The Kier molecular flexibility index (Phi) is 12.7. The Hall–Kier alpha value is -5.60. The van der Waals surface area contributed by atoms with Crippen LogP contribution in [0.25, 0.3) is 11.1 Å². The molecule has 0 spiro atoms. The number of hydrogen-bond acceptors (Lipinski definition) is 7. The summed E-state index contributed by atoms with van der Waals surface area (Å²) in [6, 6.07) is 35.7. The van der Waals surface area contributed by atoms with Gasteiger partial charge in [-0.25, -0.2) is 4.79 Å². The van der Waals surface area contributed by atoms with Crippen LogP contribution in [0.15, 0.2) is 109 Å². The molecule has 54 heavy (non-hydrogen) atoms. The van der Waals surface area contributed by atoms with Crippen LogP contribution in [0, 0.1) is 6.92 Å². The van der Waals surface area contributed by atoms with Gasteiger partial charge in [-0.2, -0.15) is 0 Å². The summed E-state index contributed by atoms with van der Waals surface area (Å²) in [6.07, 6.45) is 1.86. The van der Waals surface area contributed by atoms with Crippen LogP contribution < -0.4 is 19.7 Å². The molecule has 0 unspecified atom stereocenters. The lowest BCUT2D eigenvalue weighted by Gasteiger charge is -2.37. The maximum Gasteiger partial charge on any atom is 0.338 e. The third kappa shape index (κ3) is 9.12. The summed E-state index contributed by atoms with van der Waals surface area (Å²) in [5.41, 5.74) is 8.25. The number of carbonyl (C=O) groups excluding carboxylic acids is 2. The van der Waals surface area contributed by atoms with E-state index in [9.17, 15) is 9.59 Å². The Morgan fingerprint density at radius 3 is 1.96 bits per heavy atom. The first-order valence-corrected chi connectivity index (χ1v) is 18.8. The van der Waals surface area contributed by atoms with Crippen LogP contribution in [0.2, 0.25) is 0 Å². The van der Waals surface area contributed by atoms with Crippen LogP contribution in [0.1, 0.15) is 82.5 Å². The Balaban J connectivity index is 1.29. The number of amides is 1. The number of benzene rings is 5. The van der Waals surface area contributed by atoms with Gasteiger partial charge in [0.15, 0.2) is 0 Å². The normalized spacial score (nSPS) is 13.0.